The topological polar surface area (TPSA) is 3.24 Å². The van der Waals surface area contributed by atoms with E-state index >= 15 is 0 Å². The first-order valence-electron chi connectivity index (χ1n) is 2.79. The van der Waals surface area contributed by atoms with Crippen LogP contribution in [0.2, 0.25) is 0 Å². The standard InChI is InChI=1S/C6H14N.Ho/c1-4-6-7(3)5-2;/h2,4-6H2,1,3H3;/q-1;. The quantitative estimate of drug-likeness (QED) is 0.547. The molecule has 1 nitrogen and oxygen atoms in total. The summed E-state index contributed by atoms with van der Waals surface area (Å²) >= 11 is 0. The van der Waals surface area contributed by atoms with Gasteiger partial charge in [-0.15, -0.1) is 6.54 Å². The van der Waals surface area contributed by atoms with E-state index < -0.39 is 0 Å². The fraction of sp³-hybridized carbons (Fsp3) is 0.833. The molecule has 0 atom stereocenters. The van der Waals surface area contributed by atoms with Gasteiger partial charge in [0.2, 0.25) is 0 Å². The number of rotatable bonds is 3. The monoisotopic (exact) mass is 265 g/mol. The summed E-state index contributed by atoms with van der Waals surface area (Å²) in [6, 6.07) is 0. The Bertz CT molecular complexity index is 39.5. The first-order chi connectivity index (χ1) is 3.31. The summed E-state index contributed by atoms with van der Waals surface area (Å²) in [5.74, 6) is 0. The van der Waals surface area contributed by atoms with Crippen molar-refractivity contribution in [2.24, 2.45) is 0 Å². The summed E-state index contributed by atoms with van der Waals surface area (Å²) in [7, 11) is 2.08. The molecular formula is C6H14HoN-. The minimum Gasteiger partial charge on any atom is -0.336 e. The molecule has 0 fully saturated rings. The Morgan fingerprint density at radius 3 is 2.12 bits per heavy atom. The zero-order chi connectivity index (χ0) is 5.70. The van der Waals surface area contributed by atoms with Gasteiger partial charge in [0.05, 0.1) is 0 Å². The van der Waals surface area contributed by atoms with Crippen molar-refractivity contribution in [3.8, 4) is 0 Å². The van der Waals surface area contributed by atoms with Gasteiger partial charge in [0.1, 0.15) is 0 Å². The van der Waals surface area contributed by atoms with Crippen LogP contribution >= 0.6 is 0 Å². The molecular weight excluding hydrogens is 251 g/mol. The largest absolute Gasteiger partial charge is 0.336 e. The summed E-state index contributed by atoms with van der Waals surface area (Å²) in [5, 5.41) is 0. The van der Waals surface area contributed by atoms with Gasteiger partial charge in [-0.05, 0) is 20.0 Å². The first kappa shape index (κ1) is 12.0. The molecule has 2 heteroatoms. The van der Waals surface area contributed by atoms with Gasteiger partial charge in [0.25, 0.3) is 0 Å². The Hall–Kier alpha value is 1.22. The second-order valence-corrected chi connectivity index (χ2v) is 1.80. The zero-order valence-corrected chi connectivity index (χ0v) is 7.51. The van der Waals surface area contributed by atoms with Crippen molar-refractivity contribution in [1.82, 2.24) is 4.90 Å². The predicted octanol–water partition coefficient (Wildman–Crippen LogP) is 1.16. The number of nitrogens with zero attached hydrogens (tertiary/aromatic N) is 1. The second kappa shape index (κ2) is 8.22. The first-order valence-corrected chi connectivity index (χ1v) is 2.79. The number of hydrogen-bond donors (Lipinski definition) is 0. The van der Waals surface area contributed by atoms with E-state index in [0.29, 0.717) is 0 Å². The van der Waals surface area contributed by atoms with Crippen LogP contribution in [0.25, 0.3) is 0 Å². The van der Waals surface area contributed by atoms with Gasteiger partial charge in [-0.2, -0.15) is 0 Å². The van der Waals surface area contributed by atoms with E-state index in [4.69, 9.17) is 0 Å². The van der Waals surface area contributed by atoms with Crippen molar-refractivity contribution >= 4 is 0 Å². The van der Waals surface area contributed by atoms with Crippen molar-refractivity contribution in [2.45, 2.75) is 13.3 Å². The molecule has 1 radical (unpaired) electrons. The van der Waals surface area contributed by atoms with E-state index in [9.17, 15) is 0 Å². The fourth-order valence-electron chi connectivity index (χ4n) is 0.494. The van der Waals surface area contributed by atoms with E-state index in [1.165, 1.54) is 13.0 Å². The third kappa shape index (κ3) is 7.22. The molecule has 0 amide bonds. The van der Waals surface area contributed by atoms with Crippen molar-refractivity contribution in [3.05, 3.63) is 6.92 Å². The molecule has 0 aliphatic rings. The number of hydrogen-bond acceptors (Lipinski definition) is 1. The average Bonchev–Trinajstić information content (AvgIpc) is 1.68. The Morgan fingerprint density at radius 1 is 1.50 bits per heavy atom. The molecule has 55 valence electrons. The van der Waals surface area contributed by atoms with E-state index in [1.807, 2.05) is 0 Å². The maximum Gasteiger partial charge on any atom is 0 e. The van der Waals surface area contributed by atoms with Crippen molar-refractivity contribution in [3.63, 3.8) is 0 Å². The van der Waals surface area contributed by atoms with Crippen LogP contribution in [0.4, 0.5) is 0 Å². The van der Waals surface area contributed by atoms with Crippen LogP contribution in [0.3, 0.4) is 0 Å². The molecule has 0 aromatic heterocycles. The van der Waals surface area contributed by atoms with Crippen molar-refractivity contribution < 1.29 is 37.7 Å². The summed E-state index contributed by atoms with van der Waals surface area (Å²) in [5.41, 5.74) is 0. The summed E-state index contributed by atoms with van der Waals surface area (Å²) in [6.45, 7) is 8.00. The van der Waals surface area contributed by atoms with Crippen LogP contribution in [-0.2, 0) is 0 Å². The van der Waals surface area contributed by atoms with Crippen LogP contribution in [0.1, 0.15) is 13.3 Å². The molecule has 0 bridgehead atoms. The van der Waals surface area contributed by atoms with E-state index in [0.717, 1.165) is 6.54 Å². The molecule has 0 saturated heterocycles. The molecule has 0 aliphatic carbocycles. The summed E-state index contributed by atoms with van der Waals surface area (Å²) < 4.78 is 0. The van der Waals surface area contributed by atoms with Gasteiger partial charge >= 0.3 is 0 Å². The third-order valence-corrected chi connectivity index (χ3v) is 0.987. The van der Waals surface area contributed by atoms with E-state index in [1.54, 1.807) is 0 Å². The van der Waals surface area contributed by atoms with Crippen LogP contribution in [0, 0.1) is 44.7 Å². The van der Waals surface area contributed by atoms with Crippen molar-refractivity contribution in [2.75, 3.05) is 20.1 Å². The van der Waals surface area contributed by atoms with E-state index in [2.05, 4.69) is 25.8 Å². The predicted molar refractivity (Wildman–Crippen MR) is 33.1 cm³/mol. The molecule has 0 spiro atoms. The molecule has 8 heavy (non-hydrogen) atoms. The molecule has 0 aromatic rings. The Morgan fingerprint density at radius 2 is 2.00 bits per heavy atom. The normalized spacial score (nSPS) is 9.00. The van der Waals surface area contributed by atoms with Gasteiger partial charge in [-0.3, -0.25) is 0 Å². The second-order valence-electron chi connectivity index (χ2n) is 1.80. The fourth-order valence-corrected chi connectivity index (χ4v) is 0.494. The SMILES string of the molecule is [CH2-]CN(C)CCC.[Ho]. The third-order valence-electron chi connectivity index (χ3n) is 0.987. The molecule has 0 rings (SSSR count). The maximum atomic E-state index is 3.73. The van der Waals surface area contributed by atoms with Crippen LogP contribution in [0.5, 0.6) is 0 Å². The maximum absolute atomic E-state index is 3.73. The smallest absolute Gasteiger partial charge is 0 e. The van der Waals surface area contributed by atoms with Crippen LogP contribution < -0.4 is 0 Å². The Kier molecular flexibility index (Phi) is 12.3. The average molecular weight is 265 g/mol. The van der Waals surface area contributed by atoms with Crippen LogP contribution in [-0.4, -0.2) is 25.0 Å². The summed E-state index contributed by atoms with van der Waals surface area (Å²) in [4.78, 5) is 2.19. The zero-order valence-electron chi connectivity index (χ0n) is 5.58. The summed E-state index contributed by atoms with van der Waals surface area (Å²) in [6.07, 6.45) is 1.23. The molecule has 0 saturated carbocycles. The molecule has 0 aromatic carbocycles. The van der Waals surface area contributed by atoms with E-state index in [-0.39, 0.29) is 37.7 Å². The van der Waals surface area contributed by atoms with Gasteiger partial charge in [0.15, 0.2) is 0 Å². The van der Waals surface area contributed by atoms with Gasteiger partial charge < -0.3 is 11.8 Å². The van der Waals surface area contributed by atoms with Gasteiger partial charge in [-0.1, -0.05) is 6.92 Å². The van der Waals surface area contributed by atoms with Crippen molar-refractivity contribution in [1.29, 1.82) is 0 Å². The minimum absolute atomic E-state index is 0. The van der Waals surface area contributed by atoms with Crippen LogP contribution in [0.15, 0.2) is 0 Å². The molecule has 0 heterocycles. The minimum atomic E-state index is 0. The Labute approximate surface area is 82.4 Å². The molecule has 0 aliphatic heterocycles. The molecule has 0 unspecified atom stereocenters. The van der Waals surface area contributed by atoms with Gasteiger partial charge in [0, 0.05) is 37.7 Å². The molecule has 0 N–H and O–H groups in total. The van der Waals surface area contributed by atoms with Gasteiger partial charge in [-0.25, -0.2) is 0 Å². The Balaban J connectivity index is 0.